The number of aromatic nitrogens is 1. The highest BCUT2D eigenvalue weighted by atomic mass is 15.2. The number of hydrogen-bond donors (Lipinski definition) is 0. The van der Waals surface area contributed by atoms with Gasteiger partial charge in [-0.25, -0.2) is 0 Å². The minimum atomic E-state index is -0.0616. The topological polar surface area (TPSA) is 17.9 Å². The summed E-state index contributed by atoms with van der Waals surface area (Å²) in [6, 6.07) is 99.8. The first kappa shape index (κ1) is 42.4. The van der Waals surface area contributed by atoms with Crippen LogP contribution in [0.1, 0.15) is 5.56 Å². The van der Waals surface area contributed by atoms with Crippen molar-refractivity contribution in [2.24, 2.45) is 0 Å². The molecule has 11 aromatic carbocycles. The predicted molar refractivity (Wildman–Crippen MR) is 309 cm³/mol. The van der Waals surface area contributed by atoms with Crippen molar-refractivity contribution in [1.82, 2.24) is 4.57 Å². The van der Waals surface area contributed by atoms with Gasteiger partial charge in [-0.2, -0.15) is 0 Å². The number of benzene rings is 11. The van der Waals surface area contributed by atoms with Crippen molar-refractivity contribution < 1.29 is 0 Å². The Kier molecular flexibility index (Phi) is 10.1. The van der Waals surface area contributed by atoms with Crippen molar-refractivity contribution in [1.29, 1.82) is 0 Å². The maximum atomic E-state index is 2.53. The van der Waals surface area contributed by atoms with Gasteiger partial charge in [-0.05, 0) is 151 Å². The number of aryl methyl sites for hydroxylation is 1. The fraction of sp³-hybridized carbons (Fsp3) is 0.0149. The Morgan fingerprint density at radius 3 is 1.40 bits per heavy atom. The average molecular weight is 934 g/mol. The Morgan fingerprint density at radius 1 is 0.301 bits per heavy atom. The van der Waals surface area contributed by atoms with E-state index in [-0.39, 0.29) is 6.71 Å². The SMILES string of the molecule is Cc1ccc(N2c3cc(N(c4ccccc4)c4ccc5c(c4)c4ccccc4n5-c4ccccc4)ccc3B3c4ccccc4N(c4ccccc4)c4cc(N(c5ccccc5)c5ccccc5)cc2c43)cc1. The Balaban J connectivity index is 1.04. The monoisotopic (exact) mass is 933 g/mol. The van der Waals surface area contributed by atoms with Crippen LogP contribution in [0.25, 0.3) is 27.5 Å². The lowest BCUT2D eigenvalue weighted by Gasteiger charge is -2.45. The van der Waals surface area contributed by atoms with Crippen LogP contribution < -0.4 is 36.0 Å². The van der Waals surface area contributed by atoms with Crippen LogP contribution in [0.3, 0.4) is 0 Å². The molecular weight excluding hydrogens is 886 g/mol. The molecule has 344 valence electrons. The zero-order valence-electron chi connectivity index (χ0n) is 40.3. The van der Waals surface area contributed by atoms with Gasteiger partial charge in [0.05, 0.1) is 16.7 Å². The van der Waals surface area contributed by atoms with E-state index in [0.29, 0.717) is 0 Å². The fourth-order valence-corrected chi connectivity index (χ4v) is 11.6. The lowest BCUT2D eigenvalue weighted by Crippen LogP contribution is -2.61. The second-order valence-electron chi connectivity index (χ2n) is 19.0. The van der Waals surface area contributed by atoms with Crippen molar-refractivity contribution in [2.75, 3.05) is 19.6 Å². The number of hydrogen-bond acceptors (Lipinski definition) is 4. The van der Waals surface area contributed by atoms with E-state index in [2.05, 4.69) is 304 Å². The largest absolute Gasteiger partial charge is 0.311 e. The van der Waals surface area contributed by atoms with E-state index in [1.54, 1.807) is 0 Å². The van der Waals surface area contributed by atoms with Gasteiger partial charge in [-0.1, -0.05) is 151 Å². The van der Waals surface area contributed by atoms with Crippen LogP contribution in [-0.2, 0) is 0 Å². The molecule has 0 saturated heterocycles. The number of fused-ring (bicyclic) bond motifs is 7. The van der Waals surface area contributed by atoms with E-state index in [9.17, 15) is 0 Å². The molecule has 0 atom stereocenters. The minimum absolute atomic E-state index is 0.0616. The summed E-state index contributed by atoms with van der Waals surface area (Å²) >= 11 is 0. The Bertz CT molecular complexity index is 3950. The molecule has 73 heavy (non-hydrogen) atoms. The van der Waals surface area contributed by atoms with Crippen LogP contribution in [0.4, 0.5) is 68.2 Å². The quantitative estimate of drug-likeness (QED) is 0.134. The zero-order chi connectivity index (χ0) is 48.4. The summed E-state index contributed by atoms with van der Waals surface area (Å²) in [4.78, 5) is 9.84. The molecule has 0 amide bonds. The lowest BCUT2D eigenvalue weighted by molar-refractivity contribution is 1.18. The highest BCUT2D eigenvalue weighted by molar-refractivity contribution is 7.00. The van der Waals surface area contributed by atoms with Gasteiger partial charge >= 0.3 is 0 Å². The highest BCUT2D eigenvalue weighted by Crippen LogP contribution is 2.49. The normalized spacial score (nSPS) is 12.4. The van der Waals surface area contributed by atoms with Crippen molar-refractivity contribution in [2.45, 2.75) is 6.92 Å². The lowest BCUT2D eigenvalue weighted by atomic mass is 9.33. The Hall–Kier alpha value is -9.52. The second kappa shape index (κ2) is 17.4. The van der Waals surface area contributed by atoms with Crippen LogP contribution in [0.2, 0.25) is 0 Å². The number of anilines is 12. The van der Waals surface area contributed by atoms with Crippen LogP contribution in [0.15, 0.2) is 273 Å². The van der Waals surface area contributed by atoms with E-state index in [0.717, 1.165) is 68.2 Å². The van der Waals surface area contributed by atoms with Gasteiger partial charge in [0.2, 0.25) is 0 Å². The highest BCUT2D eigenvalue weighted by Gasteiger charge is 2.44. The van der Waals surface area contributed by atoms with Gasteiger partial charge in [0.15, 0.2) is 0 Å². The van der Waals surface area contributed by atoms with E-state index in [1.165, 1.54) is 49.4 Å². The molecule has 0 saturated carbocycles. The van der Waals surface area contributed by atoms with Crippen molar-refractivity contribution >= 4 is 113 Å². The Labute approximate surface area is 426 Å². The third kappa shape index (κ3) is 7.02. The minimum Gasteiger partial charge on any atom is -0.311 e. The Morgan fingerprint density at radius 2 is 0.753 bits per heavy atom. The first-order valence-electron chi connectivity index (χ1n) is 25.1. The van der Waals surface area contributed by atoms with E-state index in [4.69, 9.17) is 0 Å². The van der Waals surface area contributed by atoms with Crippen LogP contribution >= 0.6 is 0 Å². The van der Waals surface area contributed by atoms with E-state index in [1.807, 2.05) is 0 Å². The third-order valence-corrected chi connectivity index (χ3v) is 14.7. The first-order chi connectivity index (χ1) is 36.2. The van der Waals surface area contributed by atoms with Gasteiger partial charge in [0.1, 0.15) is 0 Å². The second-order valence-corrected chi connectivity index (χ2v) is 19.0. The molecule has 2 aliphatic rings. The molecule has 0 N–H and O–H groups in total. The summed E-state index contributed by atoms with van der Waals surface area (Å²) in [6.07, 6.45) is 0. The van der Waals surface area contributed by atoms with Gasteiger partial charge in [-0.3, -0.25) is 0 Å². The third-order valence-electron chi connectivity index (χ3n) is 14.7. The van der Waals surface area contributed by atoms with Crippen molar-refractivity contribution in [3.8, 4) is 5.69 Å². The predicted octanol–water partition coefficient (Wildman–Crippen LogP) is 16.1. The molecule has 3 heterocycles. The fourth-order valence-electron chi connectivity index (χ4n) is 11.6. The molecular formula is C67H48BN5. The summed E-state index contributed by atoms with van der Waals surface area (Å²) < 4.78 is 2.39. The van der Waals surface area contributed by atoms with Gasteiger partial charge in [0, 0.05) is 79.0 Å². The molecule has 0 aliphatic carbocycles. The van der Waals surface area contributed by atoms with Crippen LogP contribution in [0.5, 0.6) is 0 Å². The molecule has 2 aliphatic heterocycles. The van der Waals surface area contributed by atoms with Crippen LogP contribution in [0, 0.1) is 6.92 Å². The summed E-state index contributed by atoms with van der Waals surface area (Å²) in [5, 5.41) is 2.42. The smallest absolute Gasteiger partial charge is 0.252 e. The molecule has 0 spiro atoms. The summed E-state index contributed by atoms with van der Waals surface area (Å²) in [6.45, 7) is 2.11. The molecule has 0 bridgehead atoms. The van der Waals surface area contributed by atoms with Gasteiger partial charge < -0.3 is 24.2 Å². The van der Waals surface area contributed by atoms with E-state index < -0.39 is 0 Å². The van der Waals surface area contributed by atoms with Gasteiger partial charge in [0.25, 0.3) is 6.71 Å². The molecule has 0 radical (unpaired) electrons. The summed E-state index contributed by atoms with van der Waals surface area (Å²) in [5.74, 6) is 0. The molecule has 0 unspecified atom stereocenters. The van der Waals surface area contributed by atoms with Gasteiger partial charge in [-0.15, -0.1) is 0 Å². The van der Waals surface area contributed by atoms with Crippen molar-refractivity contribution in [3.05, 3.63) is 279 Å². The maximum absolute atomic E-state index is 2.53. The number of nitrogens with zero attached hydrogens (tertiary/aromatic N) is 5. The molecule has 0 fully saturated rings. The molecule has 6 heteroatoms. The zero-order valence-corrected chi connectivity index (χ0v) is 40.3. The molecule has 1 aromatic heterocycles. The van der Waals surface area contributed by atoms with Crippen molar-refractivity contribution in [3.63, 3.8) is 0 Å². The molecule has 12 aromatic rings. The first-order valence-corrected chi connectivity index (χ1v) is 25.1. The van der Waals surface area contributed by atoms with E-state index >= 15 is 0 Å². The van der Waals surface area contributed by atoms with Crippen LogP contribution in [-0.4, -0.2) is 11.3 Å². The average Bonchev–Trinajstić information content (AvgIpc) is 3.78. The summed E-state index contributed by atoms with van der Waals surface area (Å²) in [7, 11) is 0. The molecule has 14 rings (SSSR count). The number of para-hydroxylation sites is 7. The molecule has 5 nitrogen and oxygen atoms in total. The maximum Gasteiger partial charge on any atom is 0.252 e. The number of rotatable bonds is 9. The summed E-state index contributed by atoms with van der Waals surface area (Å²) in [5.41, 5.74) is 21.8. The standard InChI is InChI=1S/C67H48BN5/c1-47-35-37-53(38-36-47)73-64-44-55(70(50-25-11-4-12-26-50)54-40-42-62-58(43-54)57-31-17-19-33-61(57)71(62)51-27-13-5-14-28-51)39-41-60(64)68-59-32-18-20-34-63(59)72(52-29-15-6-16-30-52)65-45-56(46-66(73)67(65)68)69(48-21-7-2-8-22-48)49-23-9-3-10-24-49/h2-46H,1H3.